The molecular weight excluding hydrogens is 478 g/mol. The largest absolute Gasteiger partial charge is 0.311 e. The van der Waals surface area contributed by atoms with Gasteiger partial charge in [-0.1, -0.05) is 116 Å². The minimum atomic E-state index is 1.00. The Morgan fingerprint density at radius 3 is 1.84 bits per heavy atom. The summed E-state index contributed by atoms with van der Waals surface area (Å²) in [7, 11) is 0. The van der Waals surface area contributed by atoms with Crippen molar-refractivity contribution in [1.82, 2.24) is 4.57 Å². The van der Waals surface area contributed by atoms with Gasteiger partial charge < -0.3 is 4.57 Å². The number of para-hydroxylation sites is 1. The molecule has 0 bridgehead atoms. The minimum absolute atomic E-state index is 1.00. The van der Waals surface area contributed by atoms with Gasteiger partial charge in [0.25, 0.3) is 0 Å². The summed E-state index contributed by atoms with van der Waals surface area (Å²) in [6.45, 7) is 2.26. The number of nitrogens with zero attached hydrogens (tertiary/aromatic N) is 1. The smallest absolute Gasteiger partial charge is 0.0671 e. The van der Waals surface area contributed by atoms with Crippen LogP contribution in [0.2, 0.25) is 0 Å². The Kier molecular flexibility index (Phi) is 4.80. The molecule has 0 saturated heterocycles. The Labute approximate surface area is 226 Å². The van der Waals surface area contributed by atoms with E-state index in [2.05, 4.69) is 133 Å². The van der Waals surface area contributed by atoms with Crippen molar-refractivity contribution in [3.8, 4) is 27.9 Å². The Morgan fingerprint density at radius 2 is 1.18 bits per heavy atom. The molecule has 38 heavy (non-hydrogen) atoms. The van der Waals surface area contributed by atoms with Gasteiger partial charge in [-0.25, -0.2) is 0 Å². The van der Waals surface area contributed by atoms with Gasteiger partial charge in [0.1, 0.15) is 0 Å². The molecule has 0 atom stereocenters. The number of rotatable bonds is 3. The number of hydrogen-bond donors (Lipinski definition) is 0. The summed E-state index contributed by atoms with van der Waals surface area (Å²) in [4.78, 5) is 2.65. The fourth-order valence-corrected chi connectivity index (χ4v) is 7.39. The predicted molar refractivity (Wildman–Crippen MR) is 163 cm³/mol. The van der Waals surface area contributed by atoms with Crippen LogP contribution < -0.4 is 0 Å². The molecular formula is C36H25NS. The van der Waals surface area contributed by atoms with Crippen molar-refractivity contribution in [2.24, 2.45) is 0 Å². The van der Waals surface area contributed by atoms with Crippen LogP contribution in [0.1, 0.15) is 12.6 Å². The topological polar surface area (TPSA) is 4.93 Å². The van der Waals surface area contributed by atoms with Crippen molar-refractivity contribution < 1.29 is 0 Å². The van der Waals surface area contributed by atoms with Gasteiger partial charge in [0, 0.05) is 20.9 Å². The van der Waals surface area contributed by atoms with Crippen LogP contribution in [0.3, 0.4) is 0 Å². The summed E-state index contributed by atoms with van der Waals surface area (Å²) in [5.41, 5.74) is 9.13. The maximum atomic E-state index is 2.50. The molecule has 180 valence electrons. The predicted octanol–water partition coefficient (Wildman–Crippen LogP) is 10.3. The number of aryl methyl sites for hydroxylation is 1. The maximum Gasteiger partial charge on any atom is 0.0671 e. The highest BCUT2D eigenvalue weighted by molar-refractivity contribution is 7.99. The summed E-state index contributed by atoms with van der Waals surface area (Å²) in [5, 5.41) is 6.50. The van der Waals surface area contributed by atoms with Gasteiger partial charge in [-0.15, -0.1) is 0 Å². The lowest BCUT2D eigenvalue weighted by Crippen LogP contribution is -2.05. The Bertz CT molecular complexity index is 1970. The molecule has 0 spiro atoms. The van der Waals surface area contributed by atoms with Crippen LogP contribution in [-0.2, 0) is 6.42 Å². The summed E-state index contributed by atoms with van der Waals surface area (Å²) in [6.07, 6.45) is 1.00. The van der Waals surface area contributed by atoms with Crippen LogP contribution in [0.25, 0.3) is 60.4 Å². The maximum absolute atomic E-state index is 2.50. The quantitative estimate of drug-likeness (QED) is 0.217. The normalized spacial score (nSPS) is 12.3. The molecule has 7 aromatic rings. The van der Waals surface area contributed by atoms with Gasteiger partial charge in [0.15, 0.2) is 0 Å². The zero-order chi connectivity index (χ0) is 25.2. The third-order valence-corrected chi connectivity index (χ3v) is 9.04. The molecule has 8 rings (SSSR count). The average molecular weight is 504 g/mol. The molecule has 1 aliphatic heterocycles. The molecule has 1 aromatic heterocycles. The lowest BCUT2D eigenvalue weighted by Gasteiger charge is -2.23. The second kappa shape index (κ2) is 8.37. The van der Waals surface area contributed by atoms with E-state index in [0.29, 0.717) is 0 Å². The Hall–Kier alpha value is -4.27. The van der Waals surface area contributed by atoms with E-state index < -0.39 is 0 Å². The SMILES string of the molecule is CCc1cc2cccc3c2n1-c1cc(-c2c4ccccc4c(-c4ccccc4)c4ccccc24)ccc1S3. The first-order chi connectivity index (χ1) is 18.8. The van der Waals surface area contributed by atoms with Crippen LogP contribution in [-0.4, -0.2) is 4.57 Å². The lowest BCUT2D eigenvalue weighted by atomic mass is 9.86. The van der Waals surface area contributed by atoms with Gasteiger partial charge >= 0.3 is 0 Å². The third kappa shape index (κ3) is 3.07. The molecule has 0 fully saturated rings. The molecule has 0 saturated carbocycles. The van der Waals surface area contributed by atoms with Gasteiger partial charge in [0.2, 0.25) is 0 Å². The van der Waals surface area contributed by atoms with E-state index in [4.69, 9.17) is 0 Å². The lowest BCUT2D eigenvalue weighted by molar-refractivity contribution is 0.932. The first kappa shape index (κ1) is 21.8. The summed E-state index contributed by atoms with van der Waals surface area (Å²) in [6, 6.07) is 44.7. The van der Waals surface area contributed by atoms with Crippen LogP contribution in [0.5, 0.6) is 0 Å². The number of fused-ring (bicyclic) bond motifs is 4. The molecule has 0 N–H and O–H groups in total. The minimum Gasteiger partial charge on any atom is -0.311 e. The van der Waals surface area contributed by atoms with E-state index in [9.17, 15) is 0 Å². The highest BCUT2D eigenvalue weighted by atomic mass is 32.2. The van der Waals surface area contributed by atoms with Crippen LogP contribution in [0.4, 0.5) is 0 Å². The molecule has 2 heteroatoms. The monoisotopic (exact) mass is 503 g/mol. The zero-order valence-corrected chi connectivity index (χ0v) is 21.9. The van der Waals surface area contributed by atoms with Crippen molar-refractivity contribution in [3.05, 3.63) is 127 Å². The van der Waals surface area contributed by atoms with E-state index in [1.807, 2.05) is 11.8 Å². The van der Waals surface area contributed by atoms with E-state index in [0.717, 1.165) is 6.42 Å². The van der Waals surface area contributed by atoms with Crippen molar-refractivity contribution in [2.75, 3.05) is 0 Å². The zero-order valence-electron chi connectivity index (χ0n) is 21.1. The van der Waals surface area contributed by atoms with Gasteiger partial charge in [-0.05, 0) is 74.5 Å². The molecule has 0 unspecified atom stereocenters. The van der Waals surface area contributed by atoms with E-state index in [1.54, 1.807) is 0 Å². The number of benzene rings is 6. The van der Waals surface area contributed by atoms with Crippen LogP contribution in [0, 0.1) is 0 Å². The van der Waals surface area contributed by atoms with Gasteiger partial charge in [0.05, 0.1) is 11.2 Å². The fourth-order valence-electron chi connectivity index (χ4n) is 6.31. The first-order valence-corrected chi connectivity index (χ1v) is 14.1. The number of hydrogen-bond acceptors (Lipinski definition) is 1. The molecule has 0 amide bonds. The number of aromatic nitrogens is 1. The Morgan fingerprint density at radius 1 is 0.553 bits per heavy atom. The molecule has 6 aromatic carbocycles. The van der Waals surface area contributed by atoms with Crippen molar-refractivity contribution in [1.29, 1.82) is 0 Å². The molecule has 1 nitrogen and oxygen atoms in total. The molecule has 0 radical (unpaired) electrons. The van der Waals surface area contributed by atoms with Gasteiger partial charge in [-0.2, -0.15) is 0 Å². The summed E-state index contributed by atoms with van der Waals surface area (Å²) >= 11 is 1.89. The molecule has 2 heterocycles. The summed E-state index contributed by atoms with van der Waals surface area (Å²) in [5.74, 6) is 0. The molecule has 1 aliphatic rings. The Balaban J connectivity index is 1.46. The molecule has 0 aliphatic carbocycles. The summed E-state index contributed by atoms with van der Waals surface area (Å²) < 4.78 is 2.50. The fraction of sp³-hybridized carbons (Fsp3) is 0.0556. The average Bonchev–Trinajstić information content (AvgIpc) is 3.37. The highest BCUT2D eigenvalue weighted by Crippen LogP contribution is 2.48. The van der Waals surface area contributed by atoms with E-state index in [-0.39, 0.29) is 0 Å². The second-order valence-electron chi connectivity index (χ2n) is 10.0. The van der Waals surface area contributed by atoms with E-state index in [1.165, 1.54) is 75.9 Å². The second-order valence-corrected chi connectivity index (χ2v) is 11.1. The first-order valence-electron chi connectivity index (χ1n) is 13.3. The van der Waals surface area contributed by atoms with E-state index >= 15 is 0 Å². The van der Waals surface area contributed by atoms with Crippen LogP contribution in [0.15, 0.2) is 131 Å². The third-order valence-electron chi connectivity index (χ3n) is 7.93. The van der Waals surface area contributed by atoms with Crippen molar-refractivity contribution >= 4 is 44.2 Å². The standard InChI is InChI=1S/C36H25NS/c1-2-26-21-25-13-10-18-33-36(25)37(26)31-22-24(19-20-32(31)38-33)35-29-16-8-6-14-27(29)34(23-11-4-3-5-12-23)28-15-7-9-17-30(28)35/h3-22H,2H2,1H3. The van der Waals surface area contributed by atoms with Crippen LogP contribution >= 0.6 is 11.8 Å². The van der Waals surface area contributed by atoms with Gasteiger partial charge in [-0.3, -0.25) is 0 Å². The highest BCUT2D eigenvalue weighted by Gasteiger charge is 2.23. The van der Waals surface area contributed by atoms with Crippen molar-refractivity contribution in [2.45, 2.75) is 23.1 Å². The van der Waals surface area contributed by atoms with Crippen molar-refractivity contribution in [3.63, 3.8) is 0 Å².